The lowest BCUT2D eigenvalue weighted by Gasteiger charge is -2.25. The molecular formula is C21H24ClN5O. The molecule has 1 amide bonds. The predicted molar refractivity (Wildman–Crippen MR) is 110 cm³/mol. The number of carbonyl (C=O) groups is 1. The van der Waals surface area contributed by atoms with Crippen LogP contribution >= 0.6 is 11.6 Å². The molecule has 0 saturated carbocycles. The summed E-state index contributed by atoms with van der Waals surface area (Å²) >= 11 is 6.30. The molecule has 3 aromatic rings. The fourth-order valence-corrected chi connectivity index (χ4v) is 4.29. The number of aromatic nitrogens is 3. The molecule has 0 fully saturated rings. The van der Waals surface area contributed by atoms with E-state index in [9.17, 15) is 4.79 Å². The van der Waals surface area contributed by atoms with Crippen molar-refractivity contribution < 1.29 is 4.79 Å². The molecule has 1 aliphatic heterocycles. The molecule has 1 aromatic carbocycles. The van der Waals surface area contributed by atoms with Crippen LogP contribution in [0.25, 0.3) is 10.9 Å². The molecule has 7 heteroatoms. The van der Waals surface area contributed by atoms with Gasteiger partial charge in [-0.2, -0.15) is 0 Å². The Morgan fingerprint density at radius 2 is 2.21 bits per heavy atom. The second kappa shape index (κ2) is 7.89. The fourth-order valence-electron chi connectivity index (χ4n) is 4.12. The van der Waals surface area contributed by atoms with Gasteiger partial charge in [-0.1, -0.05) is 11.6 Å². The van der Waals surface area contributed by atoms with Crippen molar-refractivity contribution in [2.75, 3.05) is 20.6 Å². The zero-order valence-corrected chi connectivity index (χ0v) is 16.9. The second-order valence-corrected chi connectivity index (χ2v) is 7.83. The standard InChI is InChI=1S/C21H24ClN5O/c1-23-21(28)9-14(18-5-7-24-13-25-18)11-27-19-4-3-15(22)10-16(19)17-12-26(2)8-6-20(17)27/h3-5,7,10,13-14H,6,8-9,11-12H2,1-2H3,(H,23,28). The van der Waals surface area contributed by atoms with Crippen LogP contribution in [0.1, 0.15) is 29.3 Å². The Bertz CT molecular complexity index is 1000. The maximum absolute atomic E-state index is 12.2. The molecule has 1 N–H and O–H groups in total. The van der Waals surface area contributed by atoms with Crippen molar-refractivity contribution in [1.82, 2.24) is 24.8 Å². The third kappa shape index (κ3) is 3.62. The lowest BCUT2D eigenvalue weighted by molar-refractivity contribution is -0.121. The van der Waals surface area contributed by atoms with Gasteiger partial charge in [0, 0.05) is 79.0 Å². The van der Waals surface area contributed by atoms with Crippen LogP contribution in [0.3, 0.4) is 0 Å². The first-order valence-corrected chi connectivity index (χ1v) is 9.89. The number of rotatable bonds is 5. The summed E-state index contributed by atoms with van der Waals surface area (Å²) in [6.45, 7) is 2.62. The lowest BCUT2D eigenvalue weighted by Crippen LogP contribution is -2.28. The maximum atomic E-state index is 12.2. The van der Waals surface area contributed by atoms with Gasteiger partial charge in [0.1, 0.15) is 6.33 Å². The van der Waals surface area contributed by atoms with Gasteiger partial charge in [-0.05, 0) is 36.9 Å². The Hall–Kier alpha value is -2.44. The van der Waals surface area contributed by atoms with E-state index in [1.807, 2.05) is 12.1 Å². The number of carbonyl (C=O) groups excluding carboxylic acids is 1. The molecule has 0 saturated heterocycles. The van der Waals surface area contributed by atoms with Crippen LogP contribution in [0, 0.1) is 0 Å². The highest BCUT2D eigenvalue weighted by Crippen LogP contribution is 2.34. The van der Waals surface area contributed by atoms with Crippen molar-refractivity contribution in [2.24, 2.45) is 0 Å². The molecule has 146 valence electrons. The van der Waals surface area contributed by atoms with Crippen LogP contribution in [0.15, 0.2) is 36.8 Å². The minimum Gasteiger partial charge on any atom is -0.359 e. The molecule has 3 heterocycles. The highest BCUT2D eigenvalue weighted by molar-refractivity contribution is 6.31. The highest BCUT2D eigenvalue weighted by atomic mass is 35.5. The maximum Gasteiger partial charge on any atom is 0.220 e. The van der Waals surface area contributed by atoms with E-state index < -0.39 is 0 Å². The Morgan fingerprint density at radius 3 is 2.96 bits per heavy atom. The average Bonchev–Trinajstić information content (AvgIpc) is 3.00. The monoisotopic (exact) mass is 397 g/mol. The van der Waals surface area contributed by atoms with E-state index in [1.54, 1.807) is 19.6 Å². The Balaban J connectivity index is 1.80. The first-order chi connectivity index (χ1) is 13.6. The van der Waals surface area contributed by atoms with Crippen LogP contribution in [0.5, 0.6) is 0 Å². The summed E-state index contributed by atoms with van der Waals surface area (Å²) in [5.74, 6) is -0.0188. The van der Waals surface area contributed by atoms with Gasteiger partial charge in [-0.3, -0.25) is 4.79 Å². The first kappa shape index (κ1) is 18.9. The topological polar surface area (TPSA) is 63.1 Å². The van der Waals surface area contributed by atoms with Gasteiger partial charge >= 0.3 is 0 Å². The van der Waals surface area contributed by atoms with E-state index in [1.165, 1.54) is 22.2 Å². The van der Waals surface area contributed by atoms with Gasteiger partial charge in [0.25, 0.3) is 0 Å². The van der Waals surface area contributed by atoms with Gasteiger partial charge in [0.05, 0.1) is 0 Å². The fraction of sp³-hybridized carbons (Fsp3) is 0.381. The quantitative estimate of drug-likeness (QED) is 0.718. The first-order valence-electron chi connectivity index (χ1n) is 9.51. The Kier molecular flexibility index (Phi) is 5.33. The van der Waals surface area contributed by atoms with E-state index >= 15 is 0 Å². The third-order valence-corrected chi connectivity index (χ3v) is 5.78. The SMILES string of the molecule is CNC(=O)CC(Cn1c2c(c3cc(Cl)ccc31)CN(C)CC2)c1ccncn1. The molecule has 2 aromatic heterocycles. The zero-order valence-electron chi connectivity index (χ0n) is 16.2. The average molecular weight is 398 g/mol. The molecule has 1 aliphatic rings. The minimum atomic E-state index is -0.0296. The molecule has 1 unspecified atom stereocenters. The van der Waals surface area contributed by atoms with Gasteiger partial charge in [0.2, 0.25) is 5.91 Å². The number of nitrogens with one attached hydrogen (secondary N) is 1. The van der Waals surface area contributed by atoms with Crippen molar-refractivity contribution in [2.45, 2.75) is 31.8 Å². The molecule has 4 rings (SSSR count). The molecule has 1 atom stereocenters. The van der Waals surface area contributed by atoms with E-state index in [-0.39, 0.29) is 11.8 Å². The van der Waals surface area contributed by atoms with Gasteiger partial charge in [-0.25, -0.2) is 9.97 Å². The van der Waals surface area contributed by atoms with Crippen molar-refractivity contribution in [3.8, 4) is 0 Å². The summed E-state index contributed by atoms with van der Waals surface area (Å²) in [5, 5.41) is 4.69. The summed E-state index contributed by atoms with van der Waals surface area (Å²) in [5.41, 5.74) is 4.73. The molecule has 0 bridgehead atoms. The summed E-state index contributed by atoms with van der Waals surface area (Å²) in [6, 6.07) is 7.99. The molecule has 0 aliphatic carbocycles. The van der Waals surface area contributed by atoms with E-state index in [0.29, 0.717) is 13.0 Å². The number of benzene rings is 1. The van der Waals surface area contributed by atoms with E-state index in [2.05, 4.69) is 43.9 Å². The summed E-state index contributed by atoms with van der Waals surface area (Å²) in [4.78, 5) is 23.0. The summed E-state index contributed by atoms with van der Waals surface area (Å²) in [6.07, 6.45) is 4.64. The molecule has 0 spiro atoms. The lowest BCUT2D eigenvalue weighted by atomic mass is 9.99. The van der Waals surface area contributed by atoms with Crippen molar-refractivity contribution in [3.63, 3.8) is 0 Å². The normalized spacial score (nSPS) is 15.4. The zero-order chi connectivity index (χ0) is 19.7. The largest absolute Gasteiger partial charge is 0.359 e. The molecule has 28 heavy (non-hydrogen) atoms. The van der Waals surface area contributed by atoms with Crippen LogP contribution in [-0.4, -0.2) is 46.0 Å². The number of hydrogen-bond acceptors (Lipinski definition) is 4. The number of nitrogens with zero attached hydrogens (tertiary/aromatic N) is 4. The number of halogens is 1. The van der Waals surface area contributed by atoms with E-state index in [0.717, 1.165) is 30.2 Å². The smallest absolute Gasteiger partial charge is 0.220 e. The number of likely N-dealkylation sites (N-methyl/N-ethyl adjacent to an activating group) is 1. The number of fused-ring (bicyclic) bond motifs is 3. The highest BCUT2D eigenvalue weighted by Gasteiger charge is 2.25. The summed E-state index contributed by atoms with van der Waals surface area (Å²) in [7, 11) is 3.82. The van der Waals surface area contributed by atoms with Crippen molar-refractivity contribution in [3.05, 3.63) is 58.8 Å². The molecular weight excluding hydrogens is 374 g/mol. The predicted octanol–water partition coefficient (Wildman–Crippen LogP) is 2.99. The van der Waals surface area contributed by atoms with Crippen LogP contribution < -0.4 is 5.32 Å². The number of amides is 1. The van der Waals surface area contributed by atoms with Gasteiger partial charge in [-0.15, -0.1) is 0 Å². The molecule has 6 nitrogen and oxygen atoms in total. The Morgan fingerprint density at radius 1 is 1.36 bits per heavy atom. The summed E-state index contributed by atoms with van der Waals surface area (Å²) < 4.78 is 2.36. The van der Waals surface area contributed by atoms with Crippen LogP contribution in [0.4, 0.5) is 0 Å². The van der Waals surface area contributed by atoms with Gasteiger partial charge in [0.15, 0.2) is 0 Å². The van der Waals surface area contributed by atoms with Crippen molar-refractivity contribution >= 4 is 28.4 Å². The van der Waals surface area contributed by atoms with Gasteiger partial charge < -0.3 is 14.8 Å². The van der Waals surface area contributed by atoms with E-state index in [4.69, 9.17) is 11.6 Å². The van der Waals surface area contributed by atoms with Crippen LogP contribution in [-0.2, 0) is 24.3 Å². The molecule has 0 radical (unpaired) electrons. The van der Waals surface area contributed by atoms with Crippen LogP contribution in [0.2, 0.25) is 5.02 Å². The third-order valence-electron chi connectivity index (χ3n) is 5.54. The Labute approximate surface area is 169 Å². The minimum absolute atomic E-state index is 0.0109. The van der Waals surface area contributed by atoms with Crippen molar-refractivity contribution in [1.29, 1.82) is 0 Å². The number of hydrogen-bond donors (Lipinski definition) is 1. The second-order valence-electron chi connectivity index (χ2n) is 7.39.